The van der Waals surface area contributed by atoms with Crippen molar-refractivity contribution in [1.82, 2.24) is 0 Å². The number of hydrogen-bond acceptors (Lipinski definition) is 1. The molecule has 0 fully saturated rings. The summed E-state index contributed by atoms with van der Waals surface area (Å²) < 4.78 is 0. The Hall–Kier alpha value is -3.32. The van der Waals surface area contributed by atoms with Crippen LogP contribution in [0.1, 0.15) is 89.2 Å². The first-order chi connectivity index (χ1) is 18.7. The van der Waals surface area contributed by atoms with Gasteiger partial charge in [0.2, 0.25) is 0 Å². The average molecular weight is 503 g/mol. The van der Waals surface area contributed by atoms with Crippen molar-refractivity contribution in [3.63, 3.8) is 0 Å². The van der Waals surface area contributed by atoms with Gasteiger partial charge in [-0.2, -0.15) is 0 Å². The maximum absolute atomic E-state index is 9.64. The maximum atomic E-state index is 9.64. The van der Waals surface area contributed by atoms with E-state index in [2.05, 4.69) is 80.6 Å². The molecule has 0 saturated heterocycles. The summed E-state index contributed by atoms with van der Waals surface area (Å²) in [6, 6.07) is 32.8. The van der Waals surface area contributed by atoms with Crippen LogP contribution in [0.5, 0.6) is 5.75 Å². The van der Waals surface area contributed by atoms with Crippen molar-refractivity contribution < 1.29 is 5.11 Å². The molecule has 0 atom stereocenters. The smallest absolute Gasteiger partial charge is 0.115 e. The fourth-order valence-corrected chi connectivity index (χ4v) is 6.51. The lowest BCUT2D eigenvalue weighted by atomic mass is 9.70. The molecule has 1 aliphatic rings. The predicted octanol–water partition coefficient (Wildman–Crippen LogP) is 10.9. The summed E-state index contributed by atoms with van der Waals surface area (Å²) in [4.78, 5) is 0. The molecule has 0 radical (unpaired) electrons. The third-order valence-electron chi connectivity index (χ3n) is 8.60. The van der Waals surface area contributed by atoms with Gasteiger partial charge in [0.1, 0.15) is 5.75 Å². The number of unbranched alkanes of at least 4 members (excludes halogenated alkanes) is 6. The topological polar surface area (TPSA) is 20.2 Å². The third kappa shape index (κ3) is 5.30. The minimum Gasteiger partial charge on any atom is -0.508 e. The minimum absolute atomic E-state index is 0.120. The van der Waals surface area contributed by atoms with Crippen LogP contribution in [0.15, 0.2) is 91.0 Å². The minimum atomic E-state index is 0.120. The van der Waals surface area contributed by atoms with Crippen LogP contribution in [0, 0.1) is 0 Å². The van der Waals surface area contributed by atoms with Gasteiger partial charge in [-0.15, -0.1) is 0 Å². The van der Waals surface area contributed by atoms with Gasteiger partial charge in [0.05, 0.1) is 0 Å². The normalized spacial score (nSPS) is 13.3. The number of fused-ring (bicyclic) bond motifs is 3. The lowest BCUT2D eigenvalue weighted by molar-refractivity contribution is 0.401. The summed E-state index contributed by atoms with van der Waals surface area (Å²) in [5.74, 6) is 0.303. The zero-order chi connectivity index (χ0) is 26.4. The fourth-order valence-electron chi connectivity index (χ4n) is 6.51. The molecule has 0 saturated carbocycles. The zero-order valence-corrected chi connectivity index (χ0v) is 23.2. The molecular formula is C37H42O. The molecule has 1 N–H and O–H groups in total. The van der Waals surface area contributed by atoms with Gasteiger partial charge in [-0.3, -0.25) is 0 Å². The molecule has 0 unspecified atom stereocenters. The molecule has 4 aromatic carbocycles. The van der Waals surface area contributed by atoms with Crippen LogP contribution in [-0.2, 0) is 5.41 Å². The van der Waals surface area contributed by atoms with Gasteiger partial charge in [0, 0.05) is 5.41 Å². The van der Waals surface area contributed by atoms with Gasteiger partial charge in [-0.05, 0) is 75.5 Å². The van der Waals surface area contributed by atoms with E-state index in [0.717, 1.165) is 5.56 Å². The molecular weight excluding hydrogens is 460 g/mol. The van der Waals surface area contributed by atoms with Gasteiger partial charge < -0.3 is 5.11 Å². The number of aromatic hydroxyl groups is 1. The van der Waals surface area contributed by atoms with Crippen molar-refractivity contribution >= 4 is 0 Å². The molecule has 0 amide bonds. The summed E-state index contributed by atoms with van der Waals surface area (Å²) in [6.07, 6.45) is 12.9. The molecule has 0 aliphatic heterocycles. The van der Waals surface area contributed by atoms with Gasteiger partial charge in [0.15, 0.2) is 0 Å². The van der Waals surface area contributed by atoms with Gasteiger partial charge in [0.25, 0.3) is 0 Å². The van der Waals surface area contributed by atoms with E-state index in [9.17, 15) is 5.11 Å². The summed E-state index contributed by atoms with van der Waals surface area (Å²) in [5.41, 5.74) is 11.0. The van der Waals surface area contributed by atoms with Gasteiger partial charge >= 0.3 is 0 Å². The van der Waals surface area contributed by atoms with Crippen molar-refractivity contribution in [2.24, 2.45) is 0 Å². The molecule has 1 nitrogen and oxygen atoms in total. The molecule has 0 aromatic heterocycles. The standard InChI is InChI=1S/C37H42O/c1-3-5-7-11-25-37(26-12-8-6-4-2)35-14-10-9-13-33(35)34-24-21-31(27-36(34)37)30-17-15-28(16-18-30)29-19-22-32(38)23-20-29/h9-10,13-24,27,38H,3-8,11-12,25-26H2,1-2H3. The fraction of sp³-hybridized carbons (Fsp3) is 0.351. The first-order valence-corrected chi connectivity index (χ1v) is 14.8. The van der Waals surface area contributed by atoms with E-state index >= 15 is 0 Å². The second-order valence-electron chi connectivity index (χ2n) is 11.1. The maximum Gasteiger partial charge on any atom is 0.115 e. The van der Waals surface area contributed by atoms with Crippen LogP contribution >= 0.6 is 0 Å². The summed E-state index contributed by atoms with van der Waals surface area (Å²) in [7, 11) is 0. The molecule has 196 valence electrons. The van der Waals surface area contributed by atoms with Gasteiger partial charge in [-0.25, -0.2) is 0 Å². The van der Waals surface area contributed by atoms with Crippen molar-refractivity contribution in [3.05, 3.63) is 102 Å². The molecule has 5 rings (SSSR count). The Morgan fingerprint density at radius 2 is 1.00 bits per heavy atom. The monoisotopic (exact) mass is 502 g/mol. The SMILES string of the molecule is CCCCCCC1(CCCCCC)c2ccccc2-c2ccc(-c3ccc(-c4ccc(O)cc4)cc3)cc21. The van der Waals surface area contributed by atoms with E-state index < -0.39 is 0 Å². The third-order valence-corrected chi connectivity index (χ3v) is 8.60. The number of benzene rings is 4. The number of phenols is 1. The highest BCUT2D eigenvalue weighted by atomic mass is 16.3. The van der Waals surface area contributed by atoms with E-state index in [1.165, 1.54) is 92.0 Å². The summed E-state index contributed by atoms with van der Waals surface area (Å²) >= 11 is 0. The lowest BCUT2D eigenvalue weighted by Crippen LogP contribution is -2.25. The van der Waals surface area contributed by atoms with Crippen molar-refractivity contribution in [1.29, 1.82) is 0 Å². The Morgan fingerprint density at radius 3 is 1.61 bits per heavy atom. The van der Waals surface area contributed by atoms with Crippen LogP contribution < -0.4 is 0 Å². The number of rotatable bonds is 12. The van der Waals surface area contributed by atoms with Crippen molar-refractivity contribution in [2.75, 3.05) is 0 Å². The molecule has 0 heterocycles. The van der Waals surface area contributed by atoms with Crippen LogP contribution in [0.3, 0.4) is 0 Å². The first-order valence-electron chi connectivity index (χ1n) is 14.8. The van der Waals surface area contributed by atoms with E-state index in [1.807, 2.05) is 12.1 Å². The summed E-state index contributed by atoms with van der Waals surface area (Å²) in [5, 5.41) is 9.64. The molecule has 1 aliphatic carbocycles. The predicted molar refractivity (Wildman–Crippen MR) is 163 cm³/mol. The van der Waals surface area contributed by atoms with Crippen molar-refractivity contribution in [3.8, 4) is 39.1 Å². The molecule has 1 heteroatoms. The van der Waals surface area contributed by atoms with Gasteiger partial charge in [-0.1, -0.05) is 138 Å². The Morgan fingerprint density at radius 1 is 0.500 bits per heavy atom. The first kappa shape index (κ1) is 26.3. The van der Waals surface area contributed by atoms with Crippen LogP contribution in [0.4, 0.5) is 0 Å². The van der Waals surface area contributed by atoms with Crippen LogP contribution in [0.25, 0.3) is 33.4 Å². The lowest BCUT2D eigenvalue weighted by Gasteiger charge is -2.33. The van der Waals surface area contributed by atoms with Crippen molar-refractivity contribution in [2.45, 2.75) is 83.5 Å². The highest BCUT2D eigenvalue weighted by molar-refractivity contribution is 5.84. The zero-order valence-electron chi connectivity index (χ0n) is 23.2. The summed E-state index contributed by atoms with van der Waals surface area (Å²) in [6.45, 7) is 4.61. The number of hydrogen-bond donors (Lipinski definition) is 1. The quantitative estimate of drug-likeness (QED) is 0.191. The molecule has 0 spiro atoms. The van der Waals surface area contributed by atoms with Crippen LogP contribution in [-0.4, -0.2) is 5.11 Å². The molecule has 0 bridgehead atoms. The Labute approximate surface area is 229 Å². The molecule has 38 heavy (non-hydrogen) atoms. The average Bonchev–Trinajstić information content (AvgIpc) is 3.23. The Bertz CT molecular complexity index is 1320. The molecule has 4 aromatic rings. The second kappa shape index (κ2) is 12.0. The van der Waals surface area contributed by atoms with E-state index in [4.69, 9.17) is 0 Å². The highest BCUT2D eigenvalue weighted by Crippen LogP contribution is 2.55. The largest absolute Gasteiger partial charge is 0.508 e. The highest BCUT2D eigenvalue weighted by Gasteiger charge is 2.42. The van der Waals surface area contributed by atoms with Crippen LogP contribution in [0.2, 0.25) is 0 Å². The Kier molecular flexibility index (Phi) is 8.32. The number of phenolic OH excluding ortho intramolecular Hbond substituents is 1. The van der Waals surface area contributed by atoms with E-state index in [-0.39, 0.29) is 5.41 Å². The van der Waals surface area contributed by atoms with E-state index in [0.29, 0.717) is 5.75 Å². The van der Waals surface area contributed by atoms with E-state index in [1.54, 1.807) is 23.3 Å². The second-order valence-corrected chi connectivity index (χ2v) is 11.1. The Balaban J connectivity index is 1.52.